The average molecular weight is 409 g/mol. The maximum Gasteiger partial charge on any atom is 0.354 e. The number of ether oxygens (including phenoxy) is 2. The Hall–Kier alpha value is -2.86. The number of carbonyl (C=O) groups excluding carboxylic acids is 1. The molecule has 4 rings (SSSR count). The summed E-state index contributed by atoms with van der Waals surface area (Å²) in [6, 6.07) is 6.21. The summed E-state index contributed by atoms with van der Waals surface area (Å²) < 4.78 is 13.0. The van der Waals surface area contributed by atoms with Crippen LogP contribution in [-0.2, 0) is 17.7 Å². The van der Waals surface area contributed by atoms with Crippen LogP contribution < -0.4 is 4.74 Å². The first-order valence-corrected chi connectivity index (χ1v) is 10.6. The van der Waals surface area contributed by atoms with Gasteiger partial charge in [0.15, 0.2) is 0 Å². The van der Waals surface area contributed by atoms with E-state index in [2.05, 4.69) is 41.6 Å². The summed E-state index contributed by atoms with van der Waals surface area (Å²) in [4.78, 5) is 17.1. The van der Waals surface area contributed by atoms with Crippen LogP contribution in [0.5, 0.6) is 5.75 Å². The minimum absolute atomic E-state index is 0.293. The Labute approximate surface area is 174 Å². The van der Waals surface area contributed by atoms with Gasteiger partial charge in [-0.2, -0.15) is 0 Å². The van der Waals surface area contributed by atoms with Gasteiger partial charge in [0.25, 0.3) is 0 Å². The molecule has 0 N–H and O–H groups in total. The number of fused-ring (bicyclic) bond motifs is 3. The number of esters is 1. The number of aromatic nitrogens is 2. The second kappa shape index (κ2) is 7.87. The fourth-order valence-corrected chi connectivity index (χ4v) is 4.52. The lowest BCUT2D eigenvalue weighted by atomic mass is 9.93. The molecule has 0 radical (unpaired) electrons. The Kier molecular flexibility index (Phi) is 5.28. The monoisotopic (exact) mass is 408 g/mol. The fraction of sp³-hybridized carbons (Fsp3) is 0.304. The molecule has 5 nitrogen and oxygen atoms in total. The second-order valence-corrected chi connectivity index (χ2v) is 8.12. The first kappa shape index (κ1) is 19.5. The molecule has 0 fully saturated rings. The summed E-state index contributed by atoms with van der Waals surface area (Å²) in [5, 5.41) is 2.85. The number of carbonyl (C=O) groups is 1. The predicted octanol–water partition coefficient (Wildman–Crippen LogP) is 5.44. The third-order valence-electron chi connectivity index (χ3n) is 5.00. The normalized spacial score (nSPS) is 12.1. The van der Waals surface area contributed by atoms with E-state index < -0.39 is 0 Å². The third-order valence-corrected chi connectivity index (χ3v) is 5.81. The molecule has 0 bridgehead atoms. The Morgan fingerprint density at radius 3 is 2.76 bits per heavy atom. The largest absolute Gasteiger partial charge is 0.496 e. The summed E-state index contributed by atoms with van der Waals surface area (Å²) in [6.45, 7) is 7.04. The lowest BCUT2D eigenvalue weighted by molar-refractivity contribution is 0.0514. The highest BCUT2D eigenvalue weighted by Gasteiger charge is 2.28. The molecule has 0 saturated heterocycles. The highest BCUT2D eigenvalue weighted by molar-refractivity contribution is 7.13. The van der Waals surface area contributed by atoms with Crippen LogP contribution in [0.1, 0.15) is 42.4 Å². The van der Waals surface area contributed by atoms with Crippen LogP contribution in [0.4, 0.5) is 0 Å². The summed E-state index contributed by atoms with van der Waals surface area (Å²) in [5.74, 6) is 0.574. The zero-order valence-electron chi connectivity index (χ0n) is 17.1. The van der Waals surface area contributed by atoms with Gasteiger partial charge in [0, 0.05) is 34.8 Å². The van der Waals surface area contributed by atoms with E-state index in [0.29, 0.717) is 18.8 Å². The van der Waals surface area contributed by atoms with Crippen LogP contribution in [0.25, 0.3) is 27.9 Å². The number of methoxy groups -OCH3 is 1. The lowest BCUT2D eigenvalue weighted by Gasteiger charge is -2.23. The molecule has 150 valence electrons. The topological polar surface area (TPSA) is 53.3 Å². The number of hydrogen-bond acceptors (Lipinski definition) is 5. The van der Waals surface area contributed by atoms with E-state index >= 15 is 0 Å². The highest BCUT2D eigenvalue weighted by Crippen LogP contribution is 2.43. The smallest absolute Gasteiger partial charge is 0.354 e. The number of thiazole rings is 1. The first-order valence-electron chi connectivity index (χ1n) is 9.70. The maximum absolute atomic E-state index is 12.6. The Morgan fingerprint density at radius 2 is 2.10 bits per heavy atom. The van der Waals surface area contributed by atoms with Crippen molar-refractivity contribution in [2.75, 3.05) is 13.7 Å². The number of hydrogen-bond donors (Lipinski definition) is 0. The van der Waals surface area contributed by atoms with Crippen molar-refractivity contribution in [2.45, 2.75) is 33.7 Å². The number of rotatable bonds is 5. The standard InChI is InChI=1S/C23H24N2O3S/c1-5-28-23(26)19-13-18(22-24-7-9-29-22)21-17-11-16(10-14(2)3)20(27-4)12-15(17)6-8-25(19)21/h7,9-13H,5-6,8H2,1-4H3. The maximum atomic E-state index is 12.6. The molecule has 6 heteroatoms. The SMILES string of the molecule is CCOC(=O)c1cc(-c2nccs2)c2n1CCc1cc(OC)c(C=C(C)C)cc1-2. The van der Waals surface area contributed by atoms with E-state index in [1.807, 2.05) is 18.4 Å². The minimum atomic E-state index is -0.293. The van der Waals surface area contributed by atoms with E-state index in [1.54, 1.807) is 24.6 Å². The first-order chi connectivity index (χ1) is 14.0. The van der Waals surface area contributed by atoms with Crippen LogP contribution in [0.2, 0.25) is 0 Å². The van der Waals surface area contributed by atoms with Crippen LogP contribution in [0.15, 0.2) is 35.3 Å². The van der Waals surface area contributed by atoms with Gasteiger partial charge < -0.3 is 14.0 Å². The van der Waals surface area contributed by atoms with E-state index in [-0.39, 0.29) is 5.97 Å². The Morgan fingerprint density at radius 1 is 1.28 bits per heavy atom. The highest BCUT2D eigenvalue weighted by atomic mass is 32.1. The van der Waals surface area contributed by atoms with E-state index in [4.69, 9.17) is 9.47 Å². The van der Waals surface area contributed by atoms with E-state index in [9.17, 15) is 4.79 Å². The molecule has 0 aliphatic carbocycles. The van der Waals surface area contributed by atoms with Crippen molar-refractivity contribution in [3.8, 4) is 27.6 Å². The lowest BCUT2D eigenvalue weighted by Crippen LogP contribution is -2.17. The summed E-state index contributed by atoms with van der Waals surface area (Å²) in [6.07, 6.45) is 4.74. The molecule has 0 spiro atoms. The van der Waals surface area contributed by atoms with Gasteiger partial charge in [-0.25, -0.2) is 9.78 Å². The number of aryl methyl sites for hydroxylation is 1. The van der Waals surface area contributed by atoms with Gasteiger partial charge in [-0.3, -0.25) is 0 Å². The zero-order chi connectivity index (χ0) is 20.5. The number of allylic oxidation sites excluding steroid dienone is 1. The number of benzene rings is 1. The molecule has 0 amide bonds. The van der Waals surface area contributed by atoms with Gasteiger partial charge in [0.05, 0.1) is 19.4 Å². The van der Waals surface area contributed by atoms with Crippen molar-refractivity contribution >= 4 is 23.4 Å². The Bertz CT molecular complexity index is 1090. The van der Waals surface area contributed by atoms with E-state index in [1.165, 1.54) is 11.1 Å². The summed E-state index contributed by atoms with van der Waals surface area (Å²) in [5.41, 5.74) is 7.13. The van der Waals surface area contributed by atoms with Crippen LogP contribution in [-0.4, -0.2) is 29.2 Å². The van der Waals surface area contributed by atoms with Crippen molar-refractivity contribution in [2.24, 2.45) is 0 Å². The van der Waals surface area contributed by atoms with Crippen LogP contribution in [0.3, 0.4) is 0 Å². The molecule has 1 aromatic carbocycles. The second-order valence-electron chi connectivity index (χ2n) is 7.22. The van der Waals surface area contributed by atoms with Gasteiger partial charge in [-0.05, 0) is 51.0 Å². The van der Waals surface area contributed by atoms with Crippen molar-refractivity contribution < 1.29 is 14.3 Å². The van der Waals surface area contributed by atoms with Gasteiger partial charge >= 0.3 is 5.97 Å². The van der Waals surface area contributed by atoms with Gasteiger partial charge in [-0.15, -0.1) is 11.3 Å². The van der Waals surface area contributed by atoms with Gasteiger partial charge in [-0.1, -0.05) is 11.6 Å². The molecule has 1 aliphatic heterocycles. The molecule has 29 heavy (non-hydrogen) atoms. The van der Waals surface area contributed by atoms with Crippen molar-refractivity contribution in [1.82, 2.24) is 9.55 Å². The molecule has 0 atom stereocenters. The van der Waals surface area contributed by atoms with E-state index in [0.717, 1.165) is 39.6 Å². The molecule has 2 aromatic heterocycles. The van der Waals surface area contributed by atoms with Crippen LogP contribution >= 0.6 is 11.3 Å². The summed E-state index contributed by atoms with van der Waals surface area (Å²) in [7, 11) is 1.70. The minimum Gasteiger partial charge on any atom is -0.496 e. The van der Waals surface area contributed by atoms with Gasteiger partial charge in [0.1, 0.15) is 16.5 Å². The zero-order valence-corrected chi connectivity index (χ0v) is 17.9. The quantitative estimate of drug-likeness (QED) is 0.527. The van der Waals surface area contributed by atoms with Crippen molar-refractivity contribution in [3.63, 3.8) is 0 Å². The predicted molar refractivity (Wildman–Crippen MR) is 117 cm³/mol. The molecule has 3 aromatic rings. The number of nitrogens with zero attached hydrogens (tertiary/aromatic N) is 2. The van der Waals surface area contributed by atoms with Crippen molar-refractivity contribution in [3.05, 3.63) is 52.2 Å². The van der Waals surface area contributed by atoms with Crippen molar-refractivity contribution in [1.29, 1.82) is 0 Å². The fourth-order valence-electron chi connectivity index (χ4n) is 3.86. The average Bonchev–Trinajstić information content (AvgIpc) is 3.35. The molecular formula is C23H24N2O3S. The van der Waals surface area contributed by atoms with Gasteiger partial charge in [0.2, 0.25) is 0 Å². The molecule has 1 aliphatic rings. The molecule has 0 unspecified atom stereocenters. The summed E-state index contributed by atoms with van der Waals surface area (Å²) >= 11 is 1.57. The molecular weight excluding hydrogens is 384 g/mol. The molecule has 3 heterocycles. The Balaban J connectivity index is 1.98. The molecule has 0 saturated carbocycles. The third kappa shape index (κ3) is 3.49. The van der Waals surface area contributed by atoms with Crippen LogP contribution in [0, 0.1) is 0 Å².